The predicted molar refractivity (Wildman–Crippen MR) is 50.0 cm³/mol. The van der Waals surface area contributed by atoms with Gasteiger partial charge in [-0.05, 0) is 13.1 Å². The highest BCUT2D eigenvalue weighted by Crippen LogP contribution is 1.90. The molecule has 1 aromatic heterocycles. The van der Waals surface area contributed by atoms with Gasteiger partial charge in [0.25, 0.3) is 5.56 Å². The van der Waals surface area contributed by atoms with Crippen molar-refractivity contribution in [2.75, 3.05) is 13.6 Å². The van der Waals surface area contributed by atoms with E-state index in [1.54, 1.807) is 6.20 Å². The minimum atomic E-state index is -0.0825. The van der Waals surface area contributed by atoms with E-state index in [-0.39, 0.29) is 5.56 Å². The Balaban J connectivity index is 2.90. The number of nitrogens with zero attached hydrogens (tertiary/aromatic N) is 1. The van der Waals surface area contributed by atoms with E-state index in [1.165, 1.54) is 16.7 Å². The largest absolute Gasteiger partial charge is 0.318 e. The average molecular weight is 180 g/mol. The first kappa shape index (κ1) is 9.67. The van der Waals surface area contributed by atoms with Crippen molar-refractivity contribution in [1.82, 2.24) is 9.88 Å². The SMILES string of the molecule is CNCCn1cc(C=O)ccc1=O. The number of nitrogens with one attached hydrogen (secondary N) is 1. The Kier molecular flexibility index (Phi) is 3.40. The monoisotopic (exact) mass is 180 g/mol. The molecule has 0 spiro atoms. The fourth-order valence-corrected chi connectivity index (χ4v) is 1.03. The maximum atomic E-state index is 11.2. The maximum absolute atomic E-state index is 11.2. The van der Waals surface area contributed by atoms with Gasteiger partial charge in [-0.1, -0.05) is 0 Å². The molecule has 1 heterocycles. The van der Waals surface area contributed by atoms with Crippen molar-refractivity contribution in [3.05, 3.63) is 34.2 Å². The summed E-state index contributed by atoms with van der Waals surface area (Å²) in [4.78, 5) is 21.6. The third kappa shape index (κ3) is 2.52. The second-order valence-electron chi connectivity index (χ2n) is 2.72. The number of carbonyl (C=O) groups excluding carboxylic acids is 1. The van der Waals surface area contributed by atoms with Gasteiger partial charge in [-0.15, -0.1) is 0 Å². The second kappa shape index (κ2) is 4.57. The number of aldehydes is 1. The van der Waals surface area contributed by atoms with Crippen LogP contribution in [0.25, 0.3) is 0 Å². The fraction of sp³-hybridized carbons (Fsp3) is 0.333. The second-order valence-corrected chi connectivity index (χ2v) is 2.72. The van der Waals surface area contributed by atoms with Crippen LogP contribution in [0.4, 0.5) is 0 Å². The van der Waals surface area contributed by atoms with Crippen molar-refractivity contribution in [3.63, 3.8) is 0 Å². The molecule has 0 saturated heterocycles. The molecule has 0 amide bonds. The Morgan fingerprint density at radius 3 is 2.92 bits per heavy atom. The number of aromatic nitrogens is 1. The standard InChI is InChI=1S/C9H12N2O2/c1-10-4-5-11-6-8(7-12)2-3-9(11)13/h2-3,6-7,10H,4-5H2,1H3. The number of pyridine rings is 1. The summed E-state index contributed by atoms with van der Waals surface area (Å²) in [6.45, 7) is 1.29. The van der Waals surface area contributed by atoms with Crippen molar-refractivity contribution >= 4 is 6.29 Å². The smallest absolute Gasteiger partial charge is 0.250 e. The van der Waals surface area contributed by atoms with Crippen LogP contribution in [-0.2, 0) is 6.54 Å². The van der Waals surface area contributed by atoms with Crippen LogP contribution < -0.4 is 10.9 Å². The van der Waals surface area contributed by atoms with Crippen LogP contribution in [0.2, 0.25) is 0 Å². The molecule has 4 nitrogen and oxygen atoms in total. The van der Waals surface area contributed by atoms with E-state index in [2.05, 4.69) is 5.32 Å². The predicted octanol–water partition coefficient (Wildman–Crippen LogP) is -0.120. The van der Waals surface area contributed by atoms with Crippen molar-refractivity contribution in [3.8, 4) is 0 Å². The molecule has 1 rings (SSSR count). The Hall–Kier alpha value is -1.42. The van der Waals surface area contributed by atoms with E-state index in [0.717, 1.165) is 6.29 Å². The minimum Gasteiger partial charge on any atom is -0.318 e. The highest BCUT2D eigenvalue weighted by molar-refractivity contribution is 5.73. The normalized spacial score (nSPS) is 9.92. The molecular formula is C9H12N2O2. The van der Waals surface area contributed by atoms with E-state index in [4.69, 9.17) is 0 Å². The number of hydrogen-bond acceptors (Lipinski definition) is 3. The third-order valence-corrected chi connectivity index (χ3v) is 1.75. The molecule has 0 aliphatic carbocycles. The summed E-state index contributed by atoms with van der Waals surface area (Å²) in [5.74, 6) is 0. The van der Waals surface area contributed by atoms with Gasteiger partial charge in [-0.25, -0.2) is 0 Å². The molecule has 0 saturated carbocycles. The Bertz CT molecular complexity index is 344. The van der Waals surface area contributed by atoms with Crippen LogP contribution in [0.1, 0.15) is 10.4 Å². The number of hydrogen-bond donors (Lipinski definition) is 1. The molecule has 1 N–H and O–H groups in total. The lowest BCUT2D eigenvalue weighted by molar-refractivity contribution is 0.112. The molecule has 1 aromatic rings. The average Bonchev–Trinajstić information content (AvgIpc) is 2.17. The lowest BCUT2D eigenvalue weighted by Crippen LogP contribution is -2.24. The van der Waals surface area contributed by atoms with E-state index >= 15 is 0 Å². The molecule has 70 valence electrons. The summed E-state index contributed by atoms with van der Waals surface area (Å²) in [6.07, 6.45) is 2.29. The van der Waals surface area contributed by atoms with Gasteiger partial charge in [0.15, 0.2) is 6.29 Å². The lowest BCUT2D eigenvalue weighted by Gasteiger charge is -2.04. The van der Waals surface area contributed by atoms with Gasteiger partial charge in [0.05, 0.1) is 0 Å². The molecule has 0 bridgehead atoms. The van der Waals surface area contributed by atoms with E-state index < -0.39 is 0 Å². The zero-order chi connectivity index (χ0) is 9.68. The first-order valence-electron chi connectivity index (χ1n) is 4.08. The molecule has 13 heavy (non-hydrogen) atoms. The molecule has 4 heteroatoms. The van der Waals surface area contributed by atoms with Crippen molar-refractivity contribution < 1.29 is 4.79 Å². The van der Waals surface area contributed by atoms with Gasteiger partial charge >= 0.3 is 0 Å². The van der Waals surface area contributed by atoms with Crippen LogP contribution in [0.15, 0.2) is 23.1 Å². The van der Waals surface area contributed by atoms with Gasteiger partial charge in [-0.3, -0.25) is 9.59 Å². The minimum absolute atomic E-state index is 0.0825. The van der Waals surface area contributed by atoms with Crippen LogP contribution in [0, 0.1) is 0 Å². The lowest BCUT2D eigenvalue weighted by atomic mass is 10.3. The zero-order valence-corrected chi connectivity index (χ0v) is 7.49. The summed E-state index contributed by atoms with van der Waals surface area (Å²) < 4.78 is 1.51. The topological polar surface area (TPSA) is 51.1 Å². The molecule has 0 fully saturated rings. The van der Waals surface area contributed by atoms with Crippen LogP contribution in [-0.4, -0.2) is 24.4 Å². The highest BCUT2D eigenvalue weighted by Gasteiger charge is 1.96. The summed E-state index contributed by atoms with van der Waals surface area (Å²) in [7, 11) is 1.81. The number of carbonyl (C=O) groups is 1. The quantitative estimate of drug-likeness (QED) is 0.657. The summed E-state index contributed by atoms with van der Waals surface area (Å²) in [5.41, 5.74) is 0.441. The summed E-state index contributed by atoms with van der Waals surface area (Å²) >= 11 is 0. The number of rotatable bonds is 4. The molecular weight excluding hydrogens is 168 g/mol. The molecule has 0 aromatic carbocycles. The van der Waals surface area contributed by atoms with Crippen molar-refractivity contribution in [1.29, 1.82) is 0 Å². The molecule has 0 radical (unpaired) electrons. The van der Waals surface area contributed by atoms with Crippen LogP contribution in [0.3, 0.4) is 0 Å². The van der Waals surface area contributed by atoms with E-state index in [9.17, 15) is 9.59 Å². The first-order chi connectivity index (χ1) is 6.27. The Labute approximate surface area is 76.2 Å². The van der Waals surface area contributed by atoms with Crippen LogP contribution >= 0.6 is 0 Å². The van der Waals surface area contributed by atoms with Gasteiger partial charge < -0.3 is 9.88 Å². The summed E-state index contributed by atoms with van der Waals surface area (Å²) in [6, 6.07) is 2.92. The van der Waals surface area contributed by atoms with Gasteiger partial charge in [-0.2, -0.15) is 0 Å². The van der Waals surface area contributed by atoms with E-state index in [1.807, 2.05) is 7.05 Å². The Morgan fingerprint density at radius 1 is 1.54 bits per heavy atom. The van der Waals surface area contributed by atoms with Crippen molar-refractivity contribution in [2.24, 2.45) is 0 Å². The van der Waals surface area contributed by atoms with Crippen molar-refractivity contribution in [2.45, 2.75) is 6.54 Å². The van der Waals surface area contributed by atoms with Gasteiger partial charge in [0.1, 0.15) is 0 Å². The third-order valence-electron chi connectivity index (χ3n) is 1.75. The molecule has 0 aliphatic heterocycles. The van der Waals surface area contributed by atoms with Gasteiger partial charge in [0, 0.05) is 30.9 Å². The fourth-order valence-electron chi connectivity index (χ4n) is 1.03. The molecule has 0 aliphatic rings. The first-order valence-corrected chi connectivity index (χ1v) is 4.08. The highest BCUT2D eigenvalue weighted by atomic mass is 16.1. The van der Waals surface area contributed by atoms with Gasteiger partial charge in [0.2, 0.25) is 0 Å². The Morgan fingerprint density at radius 2 is 2.31 bits per heavy atom. The zero-order valence-electron chi connectivity index (χ0n) is 7.49. The number of likely N-dealkylation sites (N-methyl/N-ethyl adjacent to an activating group) is 1. The maximum Gasteiger partial charge on any atom is 0.250 e. The molecule has 0 unspecified atom stereocenters. The summed E-state index contributed by atoms with van der Waals surface area (Å²) in [5, 5.41) is 2.93. The van der Waals surface area contributed by atoms with E-state index in [0.29, 0.717) is 18.7 Å². The molecule has 0 atom stereocenters. The van der Waals surface area contributed by atoms with Crippen LogP contribution in [0.5, 0.6) is 0 Å².